The second-order valence-corrected chi connectivity index (χ2v) is 10.4. The first-order valence-corrected chi connectivity index (χ1v) is 12.4. The molecule has 0 atom stereocenters. The average Bonchev–Trinajstić information content (AvgIpc) is 2.72. The first-order chi connectivity index (χ1) is 14.3. The molecule has 1 N–H and O–H groups in total. The third kappa shape index (κ3) is 6.71. The van der Waals surface area contributed by atoms with Crippen molar-refractivity contribution in [3.63, 3.8) is 0 Å². The van der Waals surface area contributed by atoms with Gasteiger partial charge in [-0.05, 0) is 61.1 Å². The highest BCUT2D eigenvalue weighted by Crippen LogP contribution is 2.22. The lowest BCUT2D eigenvalue weighted by atomic mass is 9.97. The highest BCUT2D eigenvalue weighted by atomic mass is 35.5. The highest BCUT2D eigenvalue weighted by molar-refractivity contribution is 7.88. The number of amides is 1. The molecule has 3 rings (SSSR count). The van der Waals surface area contributed by atoms with E-state index < -0.39 is 10.0 Å². The molecule has 162 valence electrons. The van der Waals surface area contributed by atoms with Crippen LogP contribution in [0.4, 0.5) is 0 Å². The summed E-state index contributed by atoms with van der Waals surface area (Å²) in [5, 5.41) is 4.22. The molecule has 30 heavy (non-hydrogen) atoms. The first-order valence-electron chi connectivity index (χ1n) is 10.1. The number of hydrogen-bond acceptors (Lipinski definition) is 3. The van der Waals surface area contributed by atoms with Gasteiger partial charge >= 0.3 is 0 Å². The number of benzene rings is 2. The minimum absolute atomic E-state index is 0.0120. The Labute approximate surface area is 188 Å². The molecule has 2 aromatic rings. The summed E-state index contributed by atoms with van der Waals surface area (Å²) in [4.78, 5) is 12.4. The normalized spacial score (nSPS) is 15.8. The summed E-state index contributed by atoms with van der Waals surface area (Å²) >= 11 is 11.8. The van der Waals surface area contributed by atoms with E-state index in [-0.39, 0.29) is 17.6 Å². The third-order valence-corrected chi connectivity index (χ3v) is 7.65. The van der Waals surface area contributed by atoms with Crippen LogP contribution in [0.2, 0.25) is 10.0 Å². The van der Waals surface area contributed by atoms with Crippen LogP contribution in [0.1, 0.15) is 30.4 Å². The summed E-state index contributed by atoms with van der Waals surface area (Å²) in [5.41, 5.74) is 1.86. The number of sulfonamides is 1. The summed E-state index contributed by atoms with van der Waals surface area (Å²) in [6.07, 6.45) is 2.80. The van der Waals surface area contributed by atoms with Crippen molar-refractivity contribution in [1.82, 2.24) is 9.62 Å². The van der Waals surface area contributed by atoms with Gasteiger partial charge < -0.3 is 5.32 Å². The third-order valence-electron chi connectivity index (χ3n) is 5.31. The van der Waals surface area contributed by atoms with Crippen LogP contribution < -0.4 is 5.32 Å². The number of carbonyl (C=O) groups is 1. The Kier molecular flexibility index (Phi) is 8.17. The molecule has 1 fully saturated rings. The van der Waals surface area contributed by atoms with E-state index in [4.69, 9.17) is 23.2 Å². The van der Waals surface area contributed by atoms with Gasteiger partial charge in [-0.3, -0.25) is 4.79 Å². The van der Waals surface area contributed by atoms with Crippen LogP contribution in [0, 0.1) is 5.92 Å². The summed E-state index contributed by atoms with van der Waals surface area (Å²) in [7, 11) is -3.42. The van der Waals surface area contributed by atoms with E-state index in [9.17, 15) is 13.2 Å². The van der Waals surface area contributed by atoms with Gasteiger partial charge in [-0.2, -0.15) is 0 Å². The standard InChI is InChI=1S/C22H26Cl2N2O3S/c23-20-8-6-17(7-9-20)4-2-12-25-22(27)19-10-13-26(14-11-19)30(28,29)16-18-3-1-5-21(24)15-18/h1,3,5-9,15,19H,2,4,10-14,16H2,(H,25,27). The van der Waals surface area contributed by atoms with E-state index in [1.165, 1.54) is 9.87 Å². The largest absolute Gasteiger partial charge is 0.356 e. The molecule has 5 nitrogen and oxygen atoms in total. The van der Waals surface area contributed by atoms with Crippen molar-refractivity contribution in [3.8, 4) is 0 Å². The molecule has 1 amide bonds. The molecular weight excluding hydrogens is 443 g/mol. The number of nitrogens with one attached hydrogen (secondary N) is 1. The molecule has 8 heteroatoms. The van der Waals surface area contributed by atoms with Gasteiger partial charge in [0.05, 0.1) is 5.75 Å². The SMILES string of the molecule is O=C(NCCCc1ccc(Cl)cc1)C1CCN(S(=O)(=O)Cc2cccc(Cl)c2)CC1. The number of halogens is 2. The molecule has 0 aromatic heterocycles. The molecular formula is C22H26Cl2N2O3S. The zero-order valence-electron chi connectivity index (χ0n) is 16.7. The van der Waals surface area contributed by atoms with Crippen molar-refractivity contribution >= 4 is 39.1 Å². The van der Waals surface area contributed by atoms with Crippen LogP contribution in [0.5, 0.6) is 0 Å². The predicted molar refractivity (Wildman–Crippen MR) is 121 cm³/mol. The molecule has 0 aliphatic carbocycles. The Bertz CT molecular complexity index is 957. The van der Waals surface area contributed by atoms with Crippen molar-refractivity contribution in [1.29, 1.82) is 0 Å². The smallest absolute Gasteiger partial charge is 0.223 e. The molecule has 1 saturated heterocycles. The lowest BCUT2D eigenvalue weighted by Gasteiger charge is -2.30. The lowest BCUT2D eigenvalue weighted by molar-refractivity contribution is -0.126. The molecule has 0 unspecified atom stereocenters. The Morgan fingerprint density at radius 2 is 1.70 bits per heavy atom. The quantitative estimate of drug-likeness (QED) is 0.587. The van der Waals surface area contributed by atoms with E-state index in [0.29, 0.717) is 48.1 Å². The van der Waals surface area contributed by atoms with E-state index in [0.717, 1.165) is 12.8 Å². The molecule has 1 heterocycles. The van der Waals surface area contributed by atoms with E-state index in [1.54, 1.807) is 24.3 Å². The molecule has 0 saturated carbocycles. The summed E-state index contributed by atoms with van der Waals surface area (Å²) in [5.74, 6) is -0.203. The van der Waals surface area contributed by atoms with Gasteiger partial charge in [-0.15, -0.1) is 0 Å². The van der Waals surface area contributed by atoms with E-state index in [1.807, 2.05) is 24.3 Å². The molecule has 2 aromatic carbocycles. The summed E-state index contributed by atoms with van der Waals surface area (Å²) in [6, 6.07) is 14.6. The number of piperidine rings is 1. The molecule has 1 aliphatic heterocycles. The highest BCUT2D eigenvalue weighted by Gasteiger charge is 2.31. The number of carbonyl (C=O) groups excluding carboxylic acids is 1. The molecule has 0 radical (unpaired) electrons. The number of nitrogens with zero attached hydrogens (tertiary/aromatic N) is 1. The fourth-order valence-electron chi connectivity index (χ4n) is 3.62. The summed E-state index contributed by atoms with van der Waals surface area (Å²) < 4.78 is 26.9. The monoisotopic (exact) mass is 468 g/mol. The van der Waals surface area contributed by atoms with Crippen LogP contribution >= 0.6 is 23.2 Å². The lowest BCUT2D eigenvalue weighted by Crippen LogP contribution is -2.43. The van der Waals surface area contributed by atoms with Gasteiger partial charge in [-0.1, -0.05) is 47.5 Å². The number of aryl methyl sites for hydroxylation is 1. The van der Waals surface area contributed by atoms with E-state index in [2.05, 4.69) is 5.32 Å². The first kappa shape index (κ1) is 23.1. The maximum Gasteiger partial charge on any atom is 0.223 e. The van der Waals surface area contributed by atoms with Crippen LogP contribution in [0.15, 0.2) is 48.5 Å². The molecule has 0 bridgehead atoms. The van der Waals surface area contributed by atoms with E-state index >= 15 is 0 Å². The van der Waals surface area contributed by atoms with Crippen molar-refractivity contribution < 1.29 is 13.2 Å². The van der Waals surface area contributed by atoms with Gasteiger partial charge in [0.15, 0.2) is 0 Å². The fraction of sp³-hybridized carbons (Fsp3) is 0.409. The van der Waals surface area contributed by atoms with Crippen molar-refractivity contribution in [2.45, 2.75) is 31.4 Å². The van der Waals surface area contributed by atoms with Crippen LogP contribution in [0.3, 0.4) is 0 Å². The Morgan fingerprint density at radius 1 is 1.00 bits per heavy atom. The second kappa shape index (κ2) is 10.6. The second-order valence-electron chi connectivity index (χ2n) is 7.58. The average molecular weight is 469 g/mol. The van der Waals surface area contributed by atoms with Crippen molar-refractivity contribution in [3.05, 3.63) is 69.7 Å². The van der Waals surface area contributed by atoms with Crippen LogP contribution in [0.25, 0.3) is 0 Å². The Balaban J connectivity index is 1.40. The van der Waals surface area contributed by atoms with Gasteiger partial charge in [0.1, 0.15) is 0 Å². The fourth-order valence-corrected chi connectivity index (χ4v) is 5.51. The van der Waals surface area contributed by atoms with Gasteiger partial charge in [0.2, 0.25) is 15.9 Å². The minimum atomic E-state index is -3.42. The maximum absolute atomic E-state index is 12.7. The summed E-state index contributed by atoms with van der Waals surface area (Å²) in [6.45, 7) is 1.34. The van der Waals surface area contributed by atoms with Crippen molar-refractivity contribution in [2.24, 2.45) is 5.92 Å². The predicted octanol–water partition coefficient (Wildman–Crippen LogP) is 4.28. The van der Waals surface area contributed by atoms with Crippen LogP contribution in [-0.4, -0.2) is 38.3 Å². The van der Waals surface area contributed by atoms with Gasteiger partial charge in [0.25, 0.3) is 0 Å². The number of rotatable bonds is 8. The van der Waals surface area contributed by atoms with Crippen LogP contribution in [-0.2, 0) is 27.0 Å². The number of hydrogen-bond donors (Lipinski definition) is 1. The Morgan fingerprint density at radius 3 is 2.37 bits per heavy atom. The molecule has 1 aliphatic rings. The molecule has 0 spiro atoms. The Hall–Kier alpha value is -1.60. The van der Waals surface area contributed by atoms with Gasteiger partial charge in [0, 0.05) is 35.6 Å². The van der Waals surface area contributed by atoms with Crippen molar-refractivity contribution in [2.75, 3.05) is 19.6 Å². The zero-order chi connectivity index (χ0) is 21.6. The van der Waals surface area contributed by atoms with Gasteiger partial charge in [-0.25, -0.2) is 12.7 Å². The minimum Gasteiger partial charge on any atom is -0.356 e. The zero-order valence-corrected chi connectivity index (χ0v) is 19.0. The maximum atomic E-state index is 12.7. The topological polar surface area (TPSA) is 66.5 Å².